The molecule has 1 rings (SSSR count). The van der Waals surface area contributed by atoms with Crippen molar-refractivity contribution in [2.45, 2.75) is 57.5 Å². The molecule has 0 unspecified atom stereocenters. The summed E-state index contributed by atoms with van der Waals surface area (Å²) in [6.07, 6.45) is 9.64. The smallest absolute Gasteiger partial charge is 0.305 e. The third kappa shape index (κ3) is 7.37. The summed E-state index contributed by atoms with van der Waals surface area (Å²) in [6, 6.07) is 0. The molecule has 0 bridgehead atoms. The molecule has 1 atom stereocenters. The minimum absolute atomic E-state index is 0.0825. The lowest BCUT2D eigenvalue weighted by molar-refractivity contribution is -0.140. The molecule has 1 heterocycles. The molecule has 0 spiro atoms. The fourth-order valence-corrected chi connectivity index (χ4v) is 1.69. The van der Waals surface area contributed by atoms with Crippen molar-refractivity contribution in [3.8, 4) is 0 Å². The van der Waals surface area contributed by atoms with E-state index < -0.39 is 0 Å². The van der Waals surface area contributed by atoms with Gasteiger partial charge >= 0.3 is 5.97 Å². The van der Waals surface area contributed by atoms with Gasteiger partial charge in [0.25, 0.3) is 0 Å². The van der Waals surface area contributed by atoms with Crippen LogP contribution < -0.4 is 0 Å². The zero-order valence-corrected chi connectivity index (χ0v) is 9.67. The molecule has 0 radical (unpaired) electrons. The molecule has 15 heavy (non-hydrogen) atoms. The maximum absolute atomic E-state index is 10.8. The van der Waals surface area contributed by atoms with Crippen molar-refractivity contribution in [2.75, 3.05) is 13.7 Å². The van der Waals surface area contributed by atoms with Gasteiger partial charge in [0.2, 0.25) is 0 Å². The van der Waals surface area contributed by atoms with Gasteiger partial charge in [-0.2, -0.15) is 0 Å². The Labute approximate surface area is 92.1 Å². The van der Waals surface area contributed by atoms with Gasteiger partial charge in [-0.3, -0.25) is 4.79 Å². The van der Waals surface area contributed by atoms with E-state index in [4.69, 9.17) is 4.74 Å². The van der Waals surface area contributed by atoms with Gasteiger partial charge in [0, 0.05) is 6.42 Å². The van der Waals surface area contributed by atoms with Crippen LogP contribution in [0.25, 0.3) is 0 Å². The van der Waals surface area contributed by atoms with Crippen LogP contribution in [0.3, 0.4) is 0 Å². The second-order valence-corrected chi connectivity index (χ2v) is 4.19. The number of unbranched alkanes of at least 4 members (excludes halogenated alkanes) is 5. The molecule has 3 nitrogen and oxygen atoms in total. The summed E-state index contributed by atoms with van der Waals surface area (Å²) in [5.41, 5.74) is 0. The van der Waals surface area contributed by atoms with Crippen molar-refractivity contribution in [2.24, 2.45) is 0 Å². The molecule has 1 aliphatic rings. The largest absolute Gasteiger partial charge is 0.469 e. The molecule has 0 saturated carbocycles. The predicted octanol–water partition coefficient (Wildman–Crippen LogP) is 2.68. The van der Waals surface area contributed by atoms with Gasteiger partial charge in [-0.05, 0) is 12.8 Å². The van der Waals surface area contributed by atoms with Gasteiger partial charge in [-0.25, -0.2) is 0 Å². The van der Waals surface area contributed by atoms with E-state index in [2.05, 4.69) is 4.74 Å². The maximum atomic E-state index is 10.8. The summed E-state index contributed by atoms with van der Waals surface area (Å²) < 4.78 is 9.72. The van der Waals surface area contributed by atoms with Gasteiger partial charge in [-0.15, -0.1) is 0 Å². The molecular formula is C12H22O3. The molecule has 0 aromatic carbocycles. The summed E-state index contributed by atoms with van der Waals surface area (Å²) in [5.74, 6) is -0.0825. The van der Waals surface area contributed by atoms with E-state index in [1.807, 2.05) is 0 Å². The Kier molecular flexibility index (Phi) is 6.41. The number of hydrogen-bond acceptors (Lipinski definition) is 3. The fraction of sp³-hybridized carbons (Fsp3) is 0.917. The van der Waals surface area contributed by atoms with Crippen molar-refractivity contribution in [3.05, 3.63) is 0 Å². The number of rotatable bonds is 9. The van der Waals surface area contributed by atoms with E-state index in [0.717, 1.165) is 19.4 Å². The molecule has 0 aliphatic carbocycles. The van der Waals surface area contributed by atoms with Gasteiger partial charge in [0.05, 0.1) is 19.8 Å². The fourth-order valence-electron chi connectivity index (χ4n) is 1.69. The standard InChI is InChI=1S/C12H22O3/c1-14-12(13)9-7-5-3-2-4-6-8-11-10-15-11/h11H,2-10H2,1H3/t11-/m1/s1. The highest BCUT2D eigenvalue weighted by atomic mass is 16.6. The zero-order chi connectivity index (χ0) is 10.9. The van der Waals surface area contributed by atoms with E-state index in [9.17, 15) is 4.79 Å². The lowest BCUT2D eigenvalue weighted by atomic mass is 10.1. The summed E-state index contributed by atoms with van der Waals surface area (Å²) in [6.45, 7) is 0.985. The number of epoxide rings is 1. The van der Waals surface area contributed by atoms with Gasteiger partial charge in [0.1, 0.15) is 0 Å². The molecule has 0 N–H and O–H groups in total. The van der Waals surface area contributed by atoms with Crippen LogP contribution in [0.2, 0.25) is 0 Å². The number of carbonyl (C=O) groups is 1. The Balaban J connectivity index is 1.70. The number of ether oxygens (including phenoxy) is 2. The Hall–Kier alpha value is -0.570. The van der Waals surface area contributed by atoms with Crippen molar-refractivity contribution < 1.29 is 14.3 Å². The summed E-state index contributed by atoms with van der Waals surface area (Å²) in [4.78, 5) is 10.8. The van der Waals surface area contributed by atoms with Crippen LogP contribution in [0.5, 0.6) is 0 Å². The third-order valence-corrected chi connectivity index (χ3v) is 2.79. The first-order chi connectivity index (χ1) is 7.33. The first-order valence-electron chi connectivity index (χ1n) is 6.01. The molecule has 1 aliphatic heterocycles. The average Bonchev–Trinajstić information content (AvgIpc) is 3.05. The van der Waals surface area contributed by atoms with Crippen LogP contribution in [0, 0.1) is 0 Å². The number of methoxy groups -OCH3 is 1. The van der Waals surface area contributed by atoms with Crippen molar-refractivity contribution >= 4 is 5.97 Å². The van der Waals surface area contributed by atoms with E-state index in [-0.39, 0.29) is 5.97 Å². The molecule has 0 amide bonds. The molecule has 0 aromatic heterocycles. The van der Waals surface area contributed by atoms with Crippen LogP contribution in [0.15, 0.2) is 0 Å². The lowest BCUT2D eigenvalue weighted by Gasteiger charge is -2.00. The number of carbonyl (C=O) groups excluding carboxylic acids is 1. The first kappa shape index (κ1) is 12.5. The second kappa shape index (κ2) is 7.69. The predicted molar refractivity (Wildman–Crippen MR) is 58.7 cm³/mol. The molecule has 0 aromatic rings. The highest BCUT2D eigenvalue weighted by Gasteiger charge is 2.20. The molecule has 3 heteroatoms. The topological polar surface area (TPSA) is 38.8 Å². The third-order valence-electron chi connectivity index (χ3n) is 2.79. The minimum Gasteiger partial charge on any atom is -0.469 e. The minimum atomic E-state index is -0.0825. The van der Waals surface area contributed by atoms with Gasteiger partial charge in [0.15, 0.2) is 0 Å². The highest BCUT2D eigenvalue weighted by Crippen LogP contribution is 2.18. The van der Waals surface area contributed by atoms with Crippen LogP contribution in [0.4, 0.5) is 0 Å². The van der Waals surface area contributed by atoms with Gasteiger partial charge < -0.3 is 9.47 Å². The molecule has 88 valence electrons. The van der Waals surface area contributed by atoms with Crippen molar-refractivity contribution in [1.82, 2.24) is 0 Å². The van der Waals surface area contributed by atoms with E-state index in [1.54, 1.807) is 0 Å². The monoisotopic (exact) mass is 214 g/mol. The molecule has 1 saturated heterocycles. The molecular weight excluding hydrogens is 192 g/mol. The van der Waals surface area contributed by atoms with E-state index in [0.29, 0.717) is 12.5 Å². The first-order valence-corrected chi connectivity index (χ1v) is 6.01. The summed E-state index contributed by atoms with van der Waals surface area (Å²) in [5, 5.41) is 0. The normalized spacial score (nSPS) is 18.9. The average molecular weight is 214 g/mol. The zero-order valence-electron chi connectivity index (χ0n) is 9.67. The lowest BCUT2D eigenvalue weighted by Crippen LogP contribution is -1.99. The number of esters is 1. The quantitative estimate of drug-likeness (QED) is 0.336. The Morgan fingerprint density at radius 1 is 1.20 bits per heavy atom. The Bertz CT molecular complexity index is 176. The second-order valence-electron chi connectivity index (χ2n) is 4.19. The SMILES string of the molecule is COC(=O)CCCCCCCC[C@@H]1CO1. The van der Waals surface area contributed by atoms with Crippen molar-refractivity contribution in [1.29, 1.82) is 0 Å². The van der Waals surface area contributed by atoms with Gasteiger partial charge in [-0.1, -0.05) is 32.1 Å². The van der Waals surface area contributed by atoms with E-state index in [1.165, 1.54) is 39.2 Å². The Morgan fingerprint density at radius 3 is 2.40 bits per heavy atom. The Morgan fingerprint density at radius 2 is 1.80 bits per heavy atom. The van der Waals surface area contributed by atoms with Crippen LogP contribution in [-0.4, -0.2) is 25.8 Å². The van der Waals surface area contributed by atoms with Crippen LogP contribution >= 0.6 is 0 Å². The van der Waals surface area contributed by atoms with Crippen LogP contribution in [-0.2, 0) is 14.3 Å². The maximum Gasteiger partial charge on any atom is 0.305 e. The van der Waals surface area contributed by atoms with Crippen molar-refractivity contribution in [3.63, 3.8) is 0 Å². The molecule has 1 fully saturated rings. The van der Waals surface area contributed by atoms with Crippen LogP contribution in [0.1, 0.15) is 51.4 Å². The summed E-state index contributed by atoms with van der Waals surface area (Å²) in [7, 11) is 1.45. The number of hydrogen-bond donors (Lipinski definition) is 0. The van der Waals surface area contributed by atoms with E-state index >= 15 is 0 Å². The highest BCUT2D eigenvalue weighted by molar-refractivity contribution is 5.68. The summed E-state index contributed by atoms with van der Waals surface area (Å²) >= 11 is 0.